The lowest BCUT2D eigenvalue weighted by Crippen LogP contribution is -2.42. The third-order valence-corrected chi connectivity index (χ3v) is 4.76. The van der Waals surface area contributed by atoms with Crippen LogP contribution in [-0.4, -0.2) is 36.6 Å². The quantitative estimate of drug-likeness (QED) is 0.755. The standard InChI is InChI=1S/C21H24ClNO3/c1-2-25-19-5-3-4-6-20(19)26-18-11-13-23(14-12-18)21(24)15-16-7-9-17(22)10-8-16/h3-10,18H,2,11-15H2,1H3. The number of carbonyl (C=O) groups is 1. The van der Waals surface area contributed by atoms with Gasteiger partial charge in [-0.05, 0) is 36.8 Å². The molecule has 0 radical (unpaired) electrons. The summed E-state index contributed by atoms with van der Waals surface area (Å²) in [6.45, 7) is 4.00. The Kier molecular flexibility index (Phi) is 6.40. The number of para-hydroxylation sites is 2. The van der Waals surface area contributed by atoms with E-state index in [1.807, 2.05) is 60.4 Å². The molecule has 0 unspecified atom stereocenters. The average molecular weight is 374 g/mol. The molecule has 0 atom stereocenters. The van der Waals surface area contributed by atoms with Gasteiger partial charge in [0.05, 0.1) is 13.0 Å². The Hall–Kier alpha value is -2.20. The number of hydrogen-bond donors (Lipinski definition) is 0. The van der Waals surface area contributed by atoms with Gasteiger partial charge in [0.2, 0.25) is 5.91 Å². The lowest BCUT2D eigenvalue weighted by Gasteiger charge is -2.32. The fraction of sp³-hybridized carbons (Fsp3) is 0.381. The van der Waals surface area contributed by atoms with Crippen LogP contribution in [0.1, 0.15) is 25.3 Å². The van der Waals surface area contributed by atoms with Crippen molar-refractivity contribution in [3.05, 3.63) is 59.1 Å². The van der Waals surface area contributed by atoms with Crippen LogP contribution in [0.5, 0.6) is 11.5 Å². The summed E-state index contributed by atoms with van der Waals surface area (Å²) in [7, 11) is 0. The number of benzene rings is 2. The molecule has 1 fully saturated rings. The Labute approximate surface area is 159 Å². The van der Waals surface area contributed by atoms with Crippen LogP contribution in [0.15, 0.2) is 48.5 Å². The number of nitrogens with zero attached hydrogens (tertiary/aromatic N) is 1. The zero-order valence-electron chi connectivity index (χ0n) is 15.0. The molecule has 3 rings (SSSR count). The second kappa shape index (κ2) is 8.95. The molecule has 1 aliphatic rings. The summed E-state index contributed by atoms with van der Waals surface area (Å²) in [5.41, 5.74) is 0.989. The van der Waals surface area contributed by atoms with Gasteiger partial charge >= 0.3 is 0 Å². The first-order valence-electron chi connectivity index (χ1n) is 9.06. The molecule has 4 nitrogen and oxygen atoms in total. The molecular weight excluding hydrogens is 350 g/mol. The van der Waals surface area contributed by atoms with Crippen molar-refractivity contribution in [2.75, 3.05) is 19.7 Å². The summed E-state index contributed by atoms with van der Waals surface area (Å²) in [6.07, 6.45) is 2.17. The maximum Gasteiger partial charge on any atom is 0.226 e. The molecule has 26 heavy (non-hydrogen) atoms. The van der Waals surface area contributed by atoms with Gasteiger partial charge in [0.15, 0.2) is 11.5 Å². The molecule has 0 spiro atoms. The van der Waals surface area contributed by atoms with Gasteiger partial charge in [0.1, 0.15) is 6.10 Å². The van der Waals surface area contributed by atoms with E-state index in [0.717, 1.165) is 29.9 Å². The molecule has 1 heterocycles. The molecular formula is C21H24ClNO3. The van der Waals surface area contributed by atoms with Gasteiger partial charge in [-0.25, -0.2) is 0 Å². The van der Waals surface area contributed by atoms with E-state index in [-0.39, 0.29) is 12.0 Å². The number of carbonyl (C=O) groups excluding carboxylic acids is 1. The third-order valence-electron chi connectivity index (χ3n) is 4.51. The lowest BCUT2D eigenvalue weighted by molar-refractivity contribution is -0.132. The van der Waals surface area contributed by atoms with Gasteiger partial charge in [0, 0.05) is 31.0 Å². The molecule has 2 aromatic rings. The van der Waals surface area contributed by atoms with Crippen molar-refractivity contribution < 1.29 is 14.3 Å². The number of halogens is 1. The molecule has 0 bridgehead atoms. The van der Waals surface area contributed by atoms with E-state index in [9.17, 15) is 4.79 Å². The zero-order chi connectivity index (χ0) is 18.4. The first-order chi connectivity index (χ1) is 12.7. The summed E-state index contributed by atoms with van der Waals surface area (Å²) in [6, 6.07) is 15.2. The SMILES string of the molecule is CCOc1ccccc1OC1CCN(C(=O)Cc2ccc(Cl)cc2)CC1. The van der Waals surface area contributed by atoms with E-state index in [2.05, 4.69) is 0 Å². The van der Waals surface area contributed by atoms with Crippen molar-refractivity contribution in [1.82, 2.24) is 4.90 Å². The highest BCUT2D eigenvalue weighted by atomic mass is 35.5. The Balaban J connectivity index is 1.51. The van der Waals surface area contributed by atoms with Crippen molar-refractivity contribution in [3.8, 4) is 11.5 Å². The van der Waals surface area contributed by atoms with Crippen molar-refractivity contribution >= 4 is 17.5 Å². The van der Waals surface area contributed by atoms with Gasteiger partial charge < -0.3 is 14.4 Å². The molecule has 1 saturated heterocycles. The van der Waals surface area contributed by atoms with E-state index in [1.165, 1.54) is 0 Å². The summed E-state index contributed by atoms with van der Waals surface area (Å²) >= 11 is 5.89. The van der Waals surface area contributed by atoms with Crippen LogP contribution < -0.4 is 9.47 Å². The fourth-order valence-corrected chi connectivity index (χ4v) is 3.24. The number of likely N-dealkylation sites (tertiary alicyclic amines) is 1. The Morgan fingerprint density at radius 3 is 2.38 bits per heavy atom. The highest BCUT2D eigenvalue weighted by Crippen LogP contribution is 2.29. The second-order valence-electron chi connectivity index (χ2n) is 6.38. The summed E-state index contributed by atoms with van der Waals surface area (Å²) < 4.78 is 11.7. The predicted molar refractivity (Wildman–Crippen MR) is 103 cm³/mol. The van der Waals surface area contributed by atoms with Crippen molar-refractivity contribution in [2.45, 2.75) is 32.3 Å². The minimum Gasteiger partial charge on any atom is -0.490 e. The summed E-state index contributed by atoms with van der Waals surface area (Å²) in [4.78, 5) is 14.4. The van der Waals surface area contributed by atoms with Gasteiger partial charge in [-0.2, -0.15) is 0 Å². The molecule has 0 aliphatic carbocycles. The minimum atomic E-state index is 0.108. The highest BCUT2D eigenvalue weighted by molar-refractivity contribution is 6.30. The van der Waals surface area contributed by atoms with Crippen LogP contribution in [0.4, 0.5) is 0 Å². The average Bonchev–Trinajstić information content (AvgIpc) is 2.66. The minimum absolute atomic E-state index is 0.108. The summed E-state index contributed by atoms with van der Waals surface area (Å²) in [5, 5.41) is 0.687. The molecule has 2 aromatic carbocycles. The number of ether oxygens (including phenoxy) is 2. The number of amides is 1. The molecule has 138 valence electrons. The molecule has 5 heteroatoms. The van der Waals surface area contributed by atoms with Crippen LogP contribution in [0, 0.1) is 0 Å². The number of piperidine rings is 1. The third kappa shape index (κ3) is 4.92. The number of rotatable bonds is 6. The fourth-order valence-electron chi connectivity index (χ4n) is 3.11. The molecule has 0 aromatic heterocycles. The van der Waals surface area contributed by atoms with Gasteiger partial charge in [0.25, 0.3) is 0 Å². The molecule has 1 amide bonds. The Morgan fingerprint density at radius 1 is 1.08 bits per heavy atom. The smallest absolute Gasteiger partial charge is 0.226 e. The number of hydrogen-bond acceptors (Lipinski definition) is 3. The molecule has 0 N–H and O–H groups in total. The van der Waals surface area contributed by atoms with E-state index in [1.54, 1.807) is 0 Å². The second-order valence-corrected chi connectivity index (χ2v) is 6.82. The summed E-state index contributed by atoms with van der Waals surface area (Å²) in [5.74, 6) is 1.71. The maximum absolute atomic E-state index is 12.5. The lowest BCUT2D eigenvalue weighted by atomic mass is 10.1. The van der Waals surface area contributed by atoms with Crippen LogP contribution in [0.25, 0.3) is 0 Å². The van der Waals surface area contributed by atoms with Gasteiger partial charge in [-0.15, -0.1) is 0 Å². The van der Waals surface area contributed by atoms with Crippen molar-refractivity contribution in [1.29, 1.82) is 0 Å². The topological polar surface area (TPSA) is 38.8 Å². The van der Waals surface area contributed by atoms with Crippen LogP contribution in [0.3, 0.4) is 0 Å². The molecule has 1 aliphatic heterocycles. The van der Waals surface area contributed by atoms with Crippen molar-refractivity contribution in [2.24, 2.45) is 0 Å². The van der Waals surface area contributed by atoms with E-state index >= 15 is 0 Å². The van der Waals surface area contributed by atoms with Crippen LogP contribution in [0.2, 0.25) is 5.02 Å². The largest absolute Gasteiger partial charge is 0.490 e. The normalized spacial score (nSPS) is 14.9. The Morgan fingerprint density at radius 2 is 1.73 bits per heavy atom. The monoisotopic (exact) mass is 373 g/mol. The van der Waals surface area contributed by atoms with E-state index in [4.69, 9.17) is 21.1 Å². The van der Waals surface area contributed by atoms with Crippen LogP contribution in [-0.2, 0) is 11.2 Å². The molecule has 0 saturated carbocycles. The Bertz CT molecular complexity index is 724. The van der Waals surface area contributed by atoms with Crippen LogP contribution >= 0.6 is 11.6 Å². The van der Waals surface area contributed by atoms with Gasteiger partial charge in [-0.3, -0.25) is 4.79 Å². The first-order valence-corrected chi connectivity index (χ1v) is 9.44. The first kappa shape index (κ1) is 18.6. The van der Waals surface area contributed by atoms with Crippen molar-refractivity contribution in [3.63, 3.8) is 0 Å². The van der Waals surface area contributed by atoms with Gasteiger partial charge in [-0.1, -0.05) is 35.9 Å². The highest BCUT2D eigenvalue weighted by Gasteiger charge is 2.24. The van der Waals surface area contributed by atoms with E-state index < -0.39 is 0 Å². The van der Waals surface area contributed by atoms with E-state index in [0.29, 0.717) is 31.1 Å². The maximum atomic E-state index is 12.5. The zero-order valence-corrected chi connectivity index (χ0v) is 15.7. The predicted octanol–water partition coefficient (Wildman–Crippen LogP) is 4.35.